The minimum Gasteiger partial charge on any atom is -0.465 e. The highest BCUT2D eigenvalue weighted by atomic mass is 32.1. The van der Waals surface area contributed by atoms with Gasteiger partial charge in [-0.25, -0.2) is 4.79 Å². The SMILES string of the molecule is CCCCCCCC/C=C/CCCCCCCC(=O)Nc1nnc(NC2CCN(C(=O)O)CC2)s1. The van der Waals surface area contributed by atoms with Crippen LogP contribution >= 0.6 is 11.3 Å². The average molecular weight is 508 g/mol. The number of rotatable bonds is 18. The summed E-state index contributed by atoms with van der Waals surface area (Å²) in [5.41, 5.74) is 0. The maximum absolute atomic E-state index is 12.2. The average Bonchev–Trinajstić information content (AvgIpc) is 3.28. The van der Waals surface area contributed by atoms with Crippen molar-refractivity contribution in [3.05, 3.63) is 12.2 Å². The molecule has 9 heteroatoms. The van der Waals surface area contributed by atoms with E-state index in [1.807, 2.05) is 0 Å². The number of piperidine rings is 1. The monoisotopic (exact) mass is 507 g/mol. The standard InChI is InChI=1S/C26H45N5O3S/c1-2-3-4-5-6-7-8-9-10-11-12-13-14-15-16-17-23(32)28-25-30-29-24(35-25)27-22-18-20-31(21-19-22)26(33)34/h9-10,22H,2-8,11-21H2,1H3,(H,27,29)(H,33,34)(H,28,30,32)/b10-9+. The van der Waals surface area contributed by atoms with Crippen molar-refractivity contribution in [1.29, 1.82) is 0 Å². The number of hydrogen-bond acceptors (Lipinski definition) is 6. The van der Waals surface area contributed by atoms with Gasteiger partial charge in [0, 0.05) is 25.6 Å². The van der Waals surface area contributed by atoms with Crippen molar-refractivity contribution in [2.45, 2.75) is 116 Å². The summed E-state index contributed by atoms with van der Waals surface area (Å²) in [5, 5.41) is 24.5. The number of nitrogens with one attached hydrogen (secondary N) is 2. The molecule has 0 aromatic carbocycles. The highest BCUT2D eigenvalue weighted by Gasteiger charge is 2.23. The van der Waals surface area contributed by atoms with Gasteiger partial charge in [0.05, 0.1) is 0 Å². The molecule has 1 fully saturated rings. The summed E-state index contributed by atoms with van der Waals surface area (Å²) in [6.45, 7) is 3.30. The maximum Gasteiger partial charge on any atom is 0.407 e. The molecule has 1 aromatic heterocycles. The van der Waals surface area contributed by atoms with Crippen LogP contribution in [0.3, 0.4) is 0 Å². The van der Waals surface area contributed by atoms with Gasteiger partial charge in [0.25, 0.3) is 0 Å². The Morgan fingerprint density at radius 2 is 1.49 bits per heavy atom. The lowest BCUT2D eigenvalue weighted by Crippen LogP contribution is -2.41. The van der Waals surface area contributed by atoms with Crippen LogP contribution in [0.25, 0.3) is 0 Å². The van der Waals surface area contributed by atoms with Gasteiger partial charge in [-0.2, -0.15) is 0 Å². The summed E-state index contributed by atoms with van der Waals surface area (Å²) >= 11 is 1.32. The molecule has 0 aliphatic carbocycles. The van der Waals surface area contributed by atoms with E-state index < -0.39 is 6.09 Å². The summed E-state index contributed by atoms with van der Waals surface area (Å²) in [6.07, 6.45) is 22.0. The first-order valence-electron chi connectivity index (χ1n) is 13.6. The quantitative estimate of drug-likeness (QED) is 0.145. The Kier molecular flexibility index (Phi) is 15.1. The van der Waals surface area contributed by atoms with E-state index in [2.05, 4.69) is 39.9 Å². The molecule has 35 heavy (non-hydrogen) atoms. The minimum absolute atomic E-state index is 0.0138. The van der Waals surface area contributed by atoms with Crippen molar-refractivity contribution >= 4 is 33.6 Å². The lowest BCUT2D eigenvalue weighted by molar-refractivity contribution is -0.116. The highest BCUT2D eigenvalue weighted by Crippen LogP contribution is 2.23. The minimum atomic E-state index is -0.865. The van der Waals surface area contributed by atoms with E-state index >= 15 is 0 Å². The number of nitrogens with zero attached hydrogens (tertiary/aromatic N) is 3. The Morgan fingerprint density at radius 1 is 0.914 bits per heavy atom. The fourth-order valence-corrected chi connectivity index (χ4v) is 5.00. The van der Waals surface area contributed by atoms with Crippen LogP contribution in [0.1, 0.15) is 110 Å². The largest absolute Gasteiger partial charge is 0.465 e. The summed E-state index contributed by atoms with van der Waals surface area (Å²) in [6, 6.07) is 0.179. The number of likely N-dealkylation sites (tertiary alicyclic amines) is 1. The number of carbonyl (C=O) groups excluding carboxylic acids is 1. The predicted octanol–water partition coefficient (Wildman–Crippen LogP) is 7.07. The first-order valence-corrected chi connectivity index (χ1v) is 14.4. The van der Waals surface area contributed by atoms with Crippen molar-refractivity contribution in [1.82, 2.24) is 15.1 Å². The van der Waals surface area contributed by atoms with Gasteiger partial charge in [0.15, 0.2) is 0 Å². The second kappa shape index (κ2) is 18.2. The first-order chi connectivity index (χ1) is 17.1. The molecule has 2 heterocycles. The Morgan fingerprint density at radius 3 is 2.11 bits per heavy atom. The first kappa shape index (κ1) is 29.1. The number of aromatic nitrogens is 2. The number of amides is 2. The van der Waals surface area contributed by atoms with Gasteiger partial charge >= 0.3 is 6.09 Å². The number of hydrogen-bond donors (Lipinski definition) is 3. The van der Waals surface area contributed by atoms with Gasteiger partial charge in [-0.05, 0) is 44.9 Å². The summed E-state index contributed by atoms with van der Waals surface area (Å²) in [7, 11) is 0. The van der Waals surface area contributed by atoms with E-state index in [0.717, 1.165) is 25.7 Å². The lowest BCUT2D eigenvalue weighted by atomic mass is 10.1. The smallest absolute Gasteiger partial charge is 0.407 e. The van der Waals surface area contributed by atoms with Gasteiger partial charge < -0.3 is 20.6 Å². The van der Waals surface area contributed by atoms with Crippen molar-refractivity contribution in [2.24, 2.45) is 0 Å². The molecule has 1 aliphatic rings. The molecule has 2 amide bonds. The van der Waals surface area contributed by atoms with Crippen LogP contribution in [0.5, 0.6) is 0 Å². The van der Waals surface area contributed by atoms with Gasteiger partial charge in [0.2, 0.25) is 16.2 Å². The second-order valence-electron chi connectivity index (χ2n) is 9.48. The third kappa shape index (κ3) is 13.5. The molecule has 198 valence electrons. The molecule has 0 radical (unpaired) electrons. The number of carboxylic acid groups (broad SMARTS) is 1. The Bertz CT molecular complexity index is 747. The van der Waals surface area contributed by atoms with Crippen molar-refractivity contribution in [3.8, 4) is 0 Å². The summed E-state index contributed by atoms with van der Waals surface area (Å²) < 4.78 is 0. The van der Waals surface area contributed by atoms with E-state index in [9.17, 15) is 9.59 Å². The molecule has 1 saturated heterocycles. The van der Waals surface area contributed by atoms with E-state index in [-0.39, 0.29) is 11.9 Å². The van der Waals surface area contributed by atoms with E-state index in [1.165, 1.54) is 86.9 Å². The lowest BCUT2D eigenvalue weighted by Gasteiger charge is -2.30. The fraction of sp³-hybridized carbons (Fsp3) is 0.769. The zero-order chi connectivity index (χ0) is 25.1. The van der Waals surface area contributed by atoms with Gasteiger partial charge in [-0.3, -0.25) is 4.79 Å². The maximum atomic E-state index is 12.2. The molecule has 1 aromatic rings. The van der Waals surface area contributed by atoms with Crippen molar-refractivity contribution in [2.75, 3.05) is 23.7 Å². The molecule has 0 bridgehead atoms. The van der Waals surface area contributed by atoms with E-state index in [1.54, 1.807) is 0 Å². The molecule has 0 saturated carbocycles. The topological polar surface area (TPSA) is 107 Å². The normalized spacial score (nSPS) is 14.5. The van der Waals surface area contributed by atoms with Gasteiger partial charge in [-0.15, -0.1) is 10.2 Å². The van der Waals surface area contributed by atoms with Gasteiger partial charge in [-0.1, -0.05) is 81.8 Å². The summed E-state index contributed by atoms with van der Waals surface area (Å²) in [5.74, 6) is -0.0138. The predicted molar refractivity (Wildman–Crippen MR) is 144 cm³/mol. The van der Waals surface area contributed by atoms with Crippen LogP contribution < -0.4 is 10.6 Å². The van der Waals surface area contributed by atoms with Crippen LogP contribution in [-0.4, -0.2) is 51.3 Å². The van der Waals surface area contributed by atoms with Gasteiger partial charge in [0.1, 0.15) is 0 Å². The fourth-order valence-electron chi connectivity index (χ4n) is 4.26. The number of carbonyl (C=O) groups is 2. The number of allylic oxidation sites excluding steroid dienone is 2. The molecule has 0 atom stereocenters. The van der Waals surface area contributed by atoms with Crippen LogP contribution in [0.2, 0.25) is 0 Å². The van der Waals surface area contributed by atoms with Crippen LogP contribution in [0, 0.1) is 0 Å². The zero-order valence-corrected chi connectivity index (χ0v) is 22.3. The van der Waals surface area contributed by atoms with Crippen molar-refractivity contribution < 1.29 is 14.7 Å². The molecular weight excluding hydrogens is 462 g/mol. The Hall–Kier alpha value is -2.16. The third-order valence-corrected chi connectivity index (χ3v) is 7.20. The molecule has 8 nitrogen and oxygen atoms in total. The van der Waals surface area contributed by atoms with E-state index in [0.29, 0.717) is 29.8 Å². The van der Waals surface area contributed by atoms with Crippen molar-refractivity contribution in [3.63, 3.8) is 0 Å². The molecule has 1 aliphatic heterocycles. The number of anilines is 2. The van der Waals surface area contributed by atoms with Crippen LogP contribution in [0.15, 0.2) is 12.2 Å². The van der Waals surface area contributed by atoms with E-state index in [4.69, 9.17) is 5.11 Å². The highest BCUT2D eigenvalue weighted by molar-refractivity contribution is 7.19. The Labute approximate surface area is 215 Å². The number of unbranched alkanes of at least 4 members (excludes halogenated alkanes) is 11. The Balaban J connectivity index is 1.43. The molecule has 0 spiro atoms. The summed E-state index contributed by atoms with van der Waals surface area (Å²) in [4.78, 5) is 24.6. The molecule has 2 rings (SSSR count). The van der Waals surface area contributed by atoms with Crippen LogP contribution in [0.4, 0.5) is 15.1 Å². The molecule has 3 N–H and O–H groups in total. The second-order valence-corrected chi connectivity index (χ2v) is 10.5. The third-order valence-electron chi connectivity index (χ3n) is 6.43. The zero-order valence-electron chi connectivity index (χ0n) is 21.5. The van der Waals surface area contributed by atoms with Crippen LogP contribution in [-0.2, 0) is 4.79 Å². The molecular formula is C26H45N5O3S. The molecule has 0 unspecified atom stereocenters.